The van der Waals surface area contributed by atoms with Gasteiger partial charge in [0.2, 0.25) is 0 Å². The van der Waals surface area contributed by atoms with Crippen molar-refractivity contribution in [3.63, 3.8) is 0 Å². The molecule has 2 amide bonds. The predicted octanol–water partition coefficient (Wildman–Crippen LogP) is 2.61. The molecule has 0 aromatic heterocycles. The minimum absolute atomic E-state index is 0.145. The number of nitrogens with one attached hydrogen (secondary N) is 1. The molecule has 174 valence electrons. The van der Waals surface area contributed by atoms with E-state index in [4.69, 9.17) is 9.47 Å². The first-order valence-electron chi connectivity index (χ1n) is 10.9. The standard InChI is InChI=1S/C23H30FN3O5/c1-4-31-21(28)15-9-8-12-27(13-15)14-18-19(22(29)32-5-2)20(25-23(30)26(18)3)16-10-6-7-11-17(16)24/h6-7,10-11,15,20H,4-5,8-9,12-14H2,1-3H3,(H,25,30)/t15-,20+/m0/s1. The minimum atomic E-state index is -0.973. The van der Waals surface area contributed by atoms with Gasteiger partial charge in [0.15, 0.2) is 0 Å². The molecule has 9 heteroatoms. The van der Waals surface area contributed by atoms with Crippen molar-refractivity contribution in [1.82, 2.24) is 15.1 Å². The molecule has 0 bridgehead atoms. The molecule has 1 fully saturated rings. The molecule has 2 atom stereocenters. The molecule has 1 aromatic rings. The van der Waals surface area contributed by atoms with Gasteiger partial charge >= 0.3 is 18.0 Å². The molecule has 0 spiro atoms. The van der Waals surface area contributed by atoms with Gasteiger partial charge in [0.1, 0.15) is 5.82 Å². The van der Waals surface area contributed by atoms with Gasteiger partial charge in [-0.25, -0.2) is 14.0 Å². The maximum Gasteiger partial charge on any atom is 0.338 e. The van der Waals surface area contributed by atoms with E-state index in [2.05, 4.69) is 5.32 Å². The molecule has 2 aliphatic heterocycles. The smallest absolute Gasteiger partial charge is 0.338 e. The second kappa shape index (κ2) is 10.6. The van der Waals surface area contributed by atoms with Crippen molar-refractivity contribution in [2.75, 3.05) is 39.9 Å². The normalized spacial score (nSPS) is 21.9. The van der Waals surface area contributed by atoms with Crippen LogP contribution in [0.4, 0.5) is 9.18 Å². The van der Waals surface area contributed by atoms with Crippen LogP contribution in [0.15, 0.2) is 35.5 Å². The summed E-state index contributed by atoms with van der Waals surface area (Å²) in [4.78, 5) is 41.3. The number of likely N-dealkylation sites (N-methyl/N-ethyl adjacent to an activating group) is 1. The number of carbonyl (C=O) groups is 3. The zero-order valence-corrected chi connectivity index (χ0v) is 18.7. The van der Waals surface area contributed by atoms with Crippen LogP contribution in [0.2, 0.25) is 0 Å². The van der Waals surface area contributed by atoms with Gasteiger partial charge in [0.05, 0.1) is 30.7 Å². The molecule has 0 aliphatic carbocycles. The molecular weight excluding hydrogens is 417 g/mol. The van der Waals surface area contributed by atoms with Crippen LogP contribution in [0, 0.1) is 11.7 Å². The number of amides is 2. The topological polar surface area (TPSA) is 88.2 Å². The minimum Gasteiger partial charge on any atom is -0.466 e. The summed E-state index contributed by atoms with van der Waals surface area (Å²) in [6, 6.07) is 4.62. The number of ether oxygens (including phenoxy) is 2. The lowest BCUT2D eigenvalue weighted by Crippen LogP contribution is -2.50. The number of nitrogens with zero attached hydrogens (tertiary/aromatic N) is 2. The van der Waals surface area contributed by atoms with Gasteiger partial charge in [-0.1, -0.05) is 18.2 Å². The fourth-order valence-electron chi connectivity index (χ4n) is 4.20. The van der Waals surface area contributed by atoms with Crippen LogP contribution in [0.1, 0.15) is 38.3 Å². The zero-order valence-electron chi connectivity index (χ0n) is 18.7. The van der Waals surface area contributed by atoms with Crippen molar-refractivity contribution in [3.8, 4) is 0 Å². The quantitative estimate of drug-likeness (QED) is 0.647. The Morgan fingerprint density at radius 1 is 1.19 bits per heavy atom. The summed E-state index contributed by atoms with van der Waals surface area (Å²) in [6.45, 7) is 5.34. The third-order valence-electron chi connectivity index (χ3n) is 5.79. The lowest BCUT2D eigenvalue weighted by molar-refractivity contribution is -0.150. The molecule has 32 heavy (non-hydrogen) atoms. The van der Waals surface area contributed by atoms with E-state index in [9.17, 15) is 18.8 Å². The van der Waals surface area contributed by atoms with Gasteiger partial charge in [0.25, 0.3) is 0 Å². The number of hydrogen-bond acceptors (Lipinski definition) is 6. The summed E-state index contributed by atoms with van der Waals surface area (Å²) in [5.41, 5.74) is 0.819. The first-order valence-corrected chi connectivity index (χ1v) is 10.9. The molecule has 0 radical (unpaired) electrons. The van der Waals surface area contributed by atoms with Gasteiger partial charge in [-0.3, -0.25) is 14.6 Å². The summed E-state index contributed by atoms with van der Waals surface area (Å²) in [5, 5.41) is 2.72. The Balaban J connectivity index is 1.98. The Morgan fingerprint density at radius 2 is 1.91 bits per heavy atom. The number of piperidine rings is 1. The number of hydrogen-bond donors (Lipinski definition) is 1. The fourth-order valence-corrected chi connectivity index (χ4v) is 4.20. The lowest BCUT2D eigenvalue weighted by Gasteiger charge is -2.38. The number of rotatable bonds is 7. The Labute approximate surface area is 187 Å². The van der Waals surface area contributed by atoms with E-state index in [-0.39, 0.29) is 36.2 Å². The molecule has 8 nitrogen and oxygen atoms in total. The molecule has 2 heterocycles. The molecule has 1 N–H and O–H groups in total. The monoisotopic (exact) mass is 447 g/mol. The van der Waals surface area contributed by atoms with E-state index in [1.165, 1.54) is 11.0 Å². The number of halogens is 1. The molecular formula is C23H30FN3O5. The Morgan fingerprint density at radius 3 is 2.59 bits per heavy atom. The Bertz CT molecular complexity index is 903. The lowest BCUT2D eigenvalue weighted by atomic mass is 9.93. The van der Waals surface area contributed by atoms with Crippen LogP contribution in [-0.4, -0.2) is 67.7 Å². The highest BCUT2D eigenvalue weighted by Gasteiger charge is 2.39. The Hall–Kier alpha value is -2.94. The zero-order chi connectivity index (χ0) is 23.3. The second-order valence-electron chi connectivity index (χ2n) is 7.87. The van der Waals surface area contributed by atoms with Crippen molar-refractivity contribution >= 4 is 18.0 Å². The summed E-state index contributed by atoms with van der Waals surface area (Å²) in [7, 11) is 1.56. The van der Waals surface area contributed by atoms with Crippen LogP contribution < -0.4 is 5.32 Å². The molecule has 1 aromatic carbocycles. The predicted molar refractivity (Wildman–Crippen MR) is 115 cm³/mol. The van der Waals surface area contributed by atoms with Gasteiger partial charge < -0.3 is 14.8 Å². The average Bonchev–Trinajstić information content (AvgIpc) is 2.77. The molecule has 3 rings (SSSR count). The van der Waals surface area contributed by atoms with E-state index in [0.29, 0.717) is 25.4 Å². The Kier molecular flexibility index (Phi) is 7.84. The number of benzene rings is 1. The largest absolute Gasteiger partial charge is 0.466 e. The number of carbonyl (C=O) groups excluding carboxylic acids is 3. The van der Waals surface area contributed by atoms with E-state index in [0.717, 1.165) is 12.8 Å². The highest BCUT2D eigenvalue weighted by molar-refractivity contribution is 5.95. The molecule has 1 saturated heterocycles. The average molecular weight is 448 g/mol. The van der Waals surface area contributed by atoms with Gasteiger partial charge in [-0.15, -0.1) is 0 Å². The van der Waals surface area contributed by atoms with Crippen molar-refractivity contribution in [3.05, 3.63) is 46.9 Å². The van der Waals surface area contributed by atoms with Crippen LogP contribution in [0.25, 0.3) is 0 Å². The fraction of sp³-hybridized carbons (Fsp3) is 0.522. The van der Waals surface area contributed by atoms with E-state index < -0.39 is 23.9 Å². The third kappa shape index (κ3) is 5.09. The molecule has 0 saturated carbocycles. The highest BCUT2D eigenvalue weighted by Crippen LogP contribution is 2.33. The number of urea groups is 1. The maximum atomic E-state index is 14.6. The summed E-state index contributed by atoms with van der Waals surface area (Å²) >= 11 is 0. The van der Waals surface area contributed by atoms with E-state index >= 15 is 0 Å². The van der Waals surface area contributed by atoms with Crippen LogP contribution in [0.3, 0.4) is 0 Å². The van der Waals surface area contributed by atoms with Crippen molar-refractivity contribution in [1.29, 1.82) is 0 Å². The molecule has 2 aliphatic rings. The van der Waals surface area contributed by atoms with Crippen molar-refractivity contribution in [2.45, 2.75) is 32.7 Å². The van der Waals surface area contributed by atoms with Gasteiger partial charge in [-0.2, -0.15) is 0 Å². The molecule has 0 unspecified atom stereocenters. The van der Waals surface area contributed by atoms with Crippen molar-refractivity contribution < 1.29 is 28.2 Å². The summed E-state index contributed by atoms with van der Waals surface area (Å²) < 4.78 is 25.1. The third-order valence-corrected chi connectivity index (χ3v) is 5.79. The first-order chi connectivity index (χ1) is 15.4. The van der Waals surface area contributed by atoms with E-state index in [1.54, 1.807) is 39.1 Å². The maximum absolute atomic E-state index is 14.6. The van der Waals surface area contributed by atoms with E-state index in [1.807, 2.05) is 4.90 Å². The highest BCUT2D eigenvalue weighted by atomic mass is 19.1. The SMILES string of the molecule is CCOC(=O)C1=C(CN2CCC[C@H](C(=O)OCC)C2)N(C)C(=O)N[C@@H]1c1ccccc1F. The first kappa shape index (κ1) is 23.7. The number of likely N-dealkylation sites (tertiary alicyclic amines) is 1. The van der Waals surface area contributed by atoms with Crippen LogP contribution in [0.5, 0.6) is 0 Å². The van der Waals surface area contributed by atoms with Gasteiger partial charge in [0, 0.05) is 31.4 Å². The van der Waals surface area contributed by atoms with Crippen LogP contribution >= 0.6 is 0 Å². The van der Waals surface area contributed by atoms with Crippen LogP contribution in [-0.2, 0) is 19.1 Å². The second-order valence-corrected chi connectivity index (χ2v) is 7.87. The summed E-state index contributed by atoms with van der Waals surface area (Å²) in [6.07, 6.45) is 1.52. The van der Waals surface area contributed by atoms with Crippen molar-refractivity contribution in [2.24, 2.45) is 5.92 Å². The number of esters is 2. The van der Waals surface area contributed by atoms with Gasteiger partial charge in [-0.05, 0) is 39.3 Å². The summed E-state index contributed by atoms with van der Waals surface area (Å²) in [5.74, 6) is -1.64.